The van der Waals surface area contributed by atoms with Crippen molar-refractivity contribution in [3.8, 4) is 0 Å². The van der Waals surface area contributed by atoms with Crippen LogP contribution in [-0.2, 0) is 16.0 Å². The quantitative estimate of drug-likeness (QED) is 0.753. The molecular formula is C13H14FNO3. The molecule has 0 saturated heterocycles. The Morgan fingerprint density at radius 2 is 2.00 bits per heavy atom. The van der Waals surface area contributed by atoms with E-state index >= 15 is 0 Å². The SMILES string of the molecule is C=CC[C@@H](NC(=O)Cc1ccc(F)cc1)C(=O)O. The maximum Gasteiger partial charge on any atom is 0.326 e. The maximum absolute atomic E-state index is 12.7. The van der Waals surface area contributed by atoms with Crippen molar-refractivity contribution in [3.05, 3.63) is 48.3 Å². The van der Waals surface area contributed by atoms with Gasteiger partial charge in [-0.25, -0.2) is 9.18 Å². The second-order valence-corrected chi connectivity index (χ2v) is 3.79. The number of carboxylic acids is 1. The molecule has 0 saturated carbocycles. The third-order valence-electron chi connectivity index (χ3n) is 2.31. The second kappa shape index (κ2) is 6.54. The number of carboxylic acid groups (broad SMARTS) is 1. The van der Waals surface area contributed by atoms with E-state index in [0.717, 1.165) is 0 Å². The lowest BCUT2D eigenvalue weighted by Gasteiger charge is -2.12. The van der Waals surface area contributed by atoms with Crippen LogP contribution in [0.3, 0.4) is 0 Å². The van der Waals surface area contributed by atoms with E-state index in [-0.39, 0.29) is 18.7 Å². The van der Waals surface area contributed by atoms with Crippen LogP contribution >= 0.6 is 0 Å². The lowest BCUT2D eigenvalue weighted by molar-refractivity contribution is -0.141. The molecule has 5 heteroatoms. The normalized spacial score (nSPS) is 11.6. The van der Waals surface area contributed by atoms with Crippen molar-refractivity contribution in [2.24, 2.45) is 0 Å². The van der Waals surface area contributed by atoms with Crippen LogP contribution in [0.1, 0.15) is 12.0 Å². The third-order valence-corrected chi connectivity index (χ3v) is 2.31. The topological polar surface area (TPSA) is 66.4 Å². The fourth-order valence-electron chi connectivity index (χ4n) is 1.42. The molecule has 1 aromatic carbocycles. The van der Waals surface area contributed by atoms with Crippen molar-refractivity contribution in [2.45, 2.75) is 18.9 Å². The summed E-state index contributed by atoms with van der Waals surface area (Å²) >= 11 is 0. The van der Waals surface area contributed by atoms with Gasteiger partial charge in [0.1, 0.15) is 11.9 Å². The number of amides is 1. The monoisotopic (exact) mass is 251 g/mol. The molecule has 1 atom stereocenters. The van der Waals surface area contributed by atoms with Crippen LogP contribution in [0.15, 0.2) is 36.9 Å². The molecule has 1 amide bonds. The summed E-state index contributed by atoms with van der Waals surface area (Å²) in [7, 11) is 0. The van der Waals surface area contributed by atoms with Crippen molar-refractivity contribution in [1.29, 1.82) is 0 Å². The Bertz CT molecular complexity index is 442. The molecule has 0 spiro atoms. The van der Waals surface area contributed by atoms with E-state index < -0.39 is 17.9 Å². The summed E-state index contributed by atoms with van der Waals surface area (Å²) in [6.07, 6.45) is 1.60. The molecule has 0 heterocycles. The van der Waals surface area contributed by atoms with E-state index in [1.54, 1.807) is 0 Å². The number of nitrogens with one attached hydrogen (secondary N) is 1. The Hall–Kier alpha value is -2.17. The van der Waals surface area contributed by atoms with Crippen molar-refractivity contribution in [1.82, 2.24) is 5.32 Å². The average Bonchev–Trinajstić information content (AvgIpc) is 2.31. The van der Waals surface area contributed by atoms with E-state index in [2.05, 4.69) is 11.9 Å². The van der Waals surface area contributed by atoms with Crippen LogP contribution in [0.5, 0.6) is 0 Å². The van der Waals surface area contributed by atoms with Crippen molar-refractivity contribution >= 4 is 11.9 Å². The largest absolute Gasteiger partial charge is 0.480 e. The minimum absolute atomic E-state index is 0.0151. The Kier molecular flexibility index (Phi) is 5.05. The van der Waals surface area contributed by atoms with Gasteiger partial charge in [-0.2, -0.15) is 0 Å². The summed E-state index contributed by atoms with van der Waals surface area (Å²) in [5.41, 5.74) is 0.622. The van der Waals surface area contributed by atoms with Gasteiger partial charge in [-0.15, -0.1) is 6.58 Å². The number of hydrogen-bond acceptors (Lipinski definition) is 2. The summed E-state index contributed by atoms with van der Waals surface area (Å²) in [5.74, 6) is -1.91. The number of benzene rings is 1. The molecule has 0 aliphatic heterocycles. The Morgan fingerprint density at radius 3 is 2.50 bits per heavy atom. The van der Waals surface area contributed by atoms with Gasteiger partial charge in [0, 0.05) is 0 Å². The minimum atomic E-state index is -1.11. The molecule has 0 radical (unpaired) electrons. The van der Waals surface area contributed by atoms with Crippen LogP contribution in [0.25, 0.3) is 0 Å². The number of aliphatic carboxylic acids is 1. The number of rotatable bonds is 6. The Balaban J connectivity index is 2.57. The molecule has 1 rings (SSSR count). The molecule has 0 fully saturated rings. The van der Waals surface area contributed by atoms with E-state index in [0.29, 0.717) is 5.56 Å². The standard InChI is InChI=1S/C13H14FNO3/c1-2-3-11(13(17)18)15-12(16)8-9-4-6-10(14)7-5-9/h2,4-7,11H,1,3,8H2,(H,15,16)(H,17,18)/t11-/m1/s1. The minimum Gasteiger partial charge on any atom is -0.480 e. The Morgan fingerprint density at radius 1 is 1.39 bits per heavy atom. The fraction of sp³-hybridized carbons (Fsp3) is 0.231. The molecule has 0 unspecified atom stereocenters. The van der Waals surface area contributed by atoms with Gasteiger partial charge in [0.15, 0.2) is 0 Å². The molecular weight excluding hydrogens is 237 g/mol. The number of halogens is 1. The highest BCUT2D eigenvalue weighted by molar-refractivity contribution is 5.84. The maximum atomic E-state index is 12.7. The fourth-order valence-corrected chi connectivity index (χ4v) is 1.42. The summed E-state index contributed by atoms with van der Waals surface area (Å²) < 4.78 is 12.7. The second-order valence-electron chi connectivity index (χ2n) is 3.79. The molecule has 0 bridgehead atoms. The van der Waals surface area contributed by atoms with Crippen LogP contribution in [-0.4, -0.2) is 23.0 Å². The molecule has 0 aromatic heterocycles. The summed E-state index contributed by atoms with van der Waals surface area (Å²) in [5, 5.41) is 11.2. The van der Waals surface area contributed by atoms with Gasteiger partial charge in [-0.3, -0.25) is 4.79 Å². The Labute approximate surface area is 104 Å². The zero-order valence-electron chi connectivity index (χ0n) is 9.73. The first kappa shape index (κ1) is 13.9. The van der Waals surface area contributed by atoms with Gasteiger partial charge in [0.25, 0.3) is 0 Å². The van der Waals surface area contributed by atoms with Gasteiger partial charge >= 0.3 is 5.97 Å². The number of carbonyl (C=O) groups is 2. The van der Waals surface area contributed by atoms with Crippen LogP contribution in [0, 0.1) is 5.82 Å². The highest BCUT2D eigenvalue weighted by Crippen LogP contribution is 2.04. The van der Waals surface area contributed by atoms with Crippen LogP contribution in [0.2, 0.25) is 0 Å². The van der Waals surface area contributed by atoms with Crippen LogP contribution < -0.4 is 5.32 Å². The molecule has 0 aliphatic rings. The number of carbonyl (C=O) groups excluding carboxylic acids is 1. The van der Waals surface area contributed by atoms with Gasteiger partial charge in [-0.1, -0.05) is 18.2 Å². The third kappa shape index (κ3) is 4.37. The lowest BCUT2D eigenvalue weighted by Crippen LogP contribution is -2.41. The predicted molar refractivity (Wildman–Crippen MR) is 64.5 cm³/mol. The van der Waals surface area contributed by atoms with Crippen molar-refractivity contribution < 1.29 is 19.1 Å². The summed E-state index contributed by atoms with van der Waals surface area (Å²) in [6.45, 7) is 3.43. The number of hydrogen-bond donors (Lipinski definition) is 2. The smallest absolute Gasteiger partial charge is 0.326 e. The summed E-state index contributed by atoms with van der Waals surface area (Å²) in [4.78, 5) is 22.4. The predicted octanol–water partition coefficient (Wildman–Crippen LogP) is 1.51. The first-order valence-corrected chi connectivity index (χ1v) is 5.40. The zero-order chi connectivity index (χ0) is 13.5. The molecule has 4 nitrogen and oxygen atoms in total. The van der Waals surface area contributed by atoms with Gasteiger partial charge in [0.2, 0.25) is 5.91 Å². The lowest BCUT2D eigenvalue weighted by atomic mass is 10.1. The highest BCUT2D eigenvalue weighted by Gasteiger charge is 2.18. The summed E-state index contributed by atoms with van der Waals surface area (Å²) in [6, 6.07) is 4.49. The molecule has 18 heavy (non-hydrogen) atoms. The zero-order valence-corrected chi connectivity index (χ0v) is 9.73. The molecule has 0 aliphatic carbocycles. The van der Waals surface area contributed by atoms with E-state index in [1.165, 1.54) is 30.3 Å². The van der Waals surface area contributed by atoms with Crippen molar-refractivity contribution in [3.63, 3.8) is 0 Å². The highest BCUT2D eigenvalue weighted by atomic mass is 19.1. The first-order valence-electron chi connectivity index (χ1n) is 5.40. The molecule has 96 valence electrons. The van der Waals surface area contributed by atoms with E-state index in [4.69, 9.17) is 5.11 Å². The van der Waals surface area contributed by atoms with E-state index in [9.17, 15) is 14.0 Å². The first-order chi connectivity index (χ1) is 8.52. The average molecular weight is 251 g/mol. The van der Waals surface area contributed by atoms with E-state index in [1.807, 2.05) is 0 Å². The molecule has 1 aromatic rings. The van der Waals surface area contributed by atoms with Gasteiger partial charge in [-0.05, 0) is 24.1 Å². The molecule has 2 N–H and O–H groups in total. The van der Waals surface area contributed by atoms with Crippen molar-refractivity contribution in [2.75, 3.05) is 0 Å². The van der Waals surface area contributed by atoms with Gasteiger partial charge < -0.3 is 10.4 Å². The van der Waals surface area contributed by atoms with Gasteiger partial charge in [0.05, 0.1) is 6.42 Å². The van der Waals surface area contributed by atoms with Crippen LogP contribution in [0.4, 0.5) is 4.39 Å².